The van der Waals surface area contributed by atoms with E-state index < -0.39 is 40.6 Å². The Morgan fingerprint density at radius 3 is 2.33 bits per heavy atom. The molecule has 2 rings (SSSR count). The molecule has 2 aromatic carbocycles. The maximum Gasteiger partial charge on any atom is 0.328 e. The monoisotopic (exact) mass is 461 g/mol. The Bertz CT molecular complexity index is 1040. The van der Waals surface area contributed by atoms with Crippen molar-refractivity contribution in [2.24, 2.45) is 0 Å². The number of carbonyl (C=O) groups excluding carboxylic acids is 3. The van der Waals surface area contributed by atoms with Crippen molar-refractivity contribution < 1.29 is 33.2 Å². The number of nitrogens with zero attached hydrogens (tertiary/aromatic N) is 1. The number of benzene rings is 2. The van der Waals surface area contributed by atoms with Gasteiger partial charge in [-0.1, -0.05) is 24.3 Å². The molecule has 33 heavy (non-hydrogen) atoms. The van der Waals surface area contributed by atoms with Crippen LogP contribution in [-0.4, -0.2) is 49.0 Å². The van der Waals surface area contributed by atoms with Crippen LogP contribution in [0.4, 0.5) is 10.1 Å². The Kier molecular flexibility index (Phi) is 8.84. The Hall–Kier alpha value is -4.02. The molecule has 0 saturated heterocycles. The molecule has 0 unspecified atom stereocenters. The lowest BCUT2D eigenvalue weighted by Gasteiger charge is -2.22. The fraction of sp³-hybridized carbons (Fsp3) is 0.318. The number of nitro groups is 1. The molecule has 0 aliphatic carbocycles. The van der Waals surface area contributed by atoms with Gasteiger partial charge >= 0.3 is 11.7 Å². The number of hydrogen-bond acceptors (Lipinski definition) is 7. The van der Waals surface area contributed by atoms with Crippen LogP contribution in [0.1, 0.15) is 18.1 Å². The highest BCUT2D eigenvalue weighted by Crippen LogP contribution is 2.28. The van der Waals surface area contributed by atoms with Crippen LogP contribution in [-0.2, 0) is 32.0 Å². The summed E-state index contributed by atoms with van der Waals surface area (Å²) in [7, 11) is 2.42. The number of ether oxygens (including phenoxy) is 2. The number of esters is 1. The first-order chi connectivity index (χ1) is 15.7. The van der Waals surface area contributed by atoms with Gasteiger partial charge in [0.15, 0.2) is 5.75 Å². The quantitative estimate of drug-likeness (QED) is 0.312. The van der Waals surface area contributed by atoms with E-state index in [9.17, 15) is 28.9 Å². The second-order valence-corrected chi connectivity index (χ2v) is 7.10. The van der Waals surface area contributed by atoms with Crippen molar-refractivity contribution in [1.82, 2.24) is 10.6 Å². The first-order valence-corrected chi connectivity index (χ1v) is 9.86. The van der Waals surface area contributed by atoms with Gasteiger partial charge < -0.3 is 20.1 Å². The number of rotatable bonds is 10. The molecule has 0 aromatic heterocycles. The second-order valence-electron chi connectivity index (χ2n) is 7.10. The minimum atomic E-state index is -1.22. The topological polar surface area (TPSA) is 137 Å². The van der Waals surface area contributed by atoms with Gasteiger partial charge in [-0.25, -0.2) is 9.18 Å². The molecule has 0 heterocycles. The number of amides is 2. The Morgan fingerprint density at radius 1 is 1.06 bits per heavy atom. The molecule has 2 atom stereocenters. The van der Waals surface area contributed by atoms with Crippen molar-refractivity contribution in [3.8, 4) is 5.75 Å². The van der Waals surface area contributed by atoms with Gasteiger partial charge in [0, 0.05) is 25.8 Å². The third-order valence-electron chi connectivity index (χ3n) is 4.76. The standard InChI is InChI=1S/C22H24FN3O7/c1-13(27)24-17(12-15-6-4-5-7-16(15)23)21(28)25-18(22(29)33-3)10-14-8-9-20(32-2)19(11-14)26(30)31/h4-9,11,17-18H,10,12H2,1-3H3,(H,24,27)(H,25,28)/t17-,18-/m0/s1. The van der Waals surface area contributed by atoms with Gasteiger partial charge in [0.05, 0.1) is 19.1 Å². The van der Waals surface area contributed by atoms with Crippen molar-refractivity contribution >= 4 is 23.5 Å². The van der Waals surface area contributed by atoms with E-state index in [1.165, 1.54) is 50.4 Å². The summed E-state index contributed by atoms with van der Waals surface area (Å²) in [4.78, 5) is 47.5. The SMILES string of the molecule is COC(=O)[C@H](Cc1ccc(OC)c([N+](=O)[O-])c1)NC(=O)[C@H](Cc1ccccc1F)NC(C)=O. The lowest BCUT2D eigenvalue weighted by atomic mass is 10.0. The summed E-state index contributed by atoms with van der Waals surface area (Å²) in [5.41, 5.74) is 0.260. The molecule has 0 spiro atoms. The summed E-state index contributed by atoms with van der Waals surface area (Å²) in [6, 6.07) is 7.52. The van der Waals surface area contributed by atoms with E-state index in [1.54, 1.807) is 6.07 Å². The molecule has 0 saturated carbocycles. The second kappa shape index (κ2) is 11.6. The van der Waals surface area contributed by atoms with Crippen LogP contribution >= 0.6 is 0 Å². The molecule has 2 amide bonds. The molecule has 2 N–H and O–H groups in total. The van der Waals surface area contributed by atoms with Gasteiger partial charge in [-0.3, -0.25) is 19.7 Å². The molecule has 0 aliphatic rings. The number of methoxy groups -OCH3 is 2. The summed E-state index contributed by atoms with van der Waals surface area (Å²) in [6.45, 7) is 1.20. The summed E-state index contributed by atoms with van der Waals surface area (Å²) >= 11 is 0. The molecule has 176 valence electrons. The van der Waals surface area contributed by atoms with Crippen LogP contribution in [0, 0.1) is 15.9 Å². The number of hydrogen-bond donors (Lipinski definition) is 2. The zero-order valence-corrected chi connectivity index (χ0v) is 18.3. The molecule has 0 bridgehead atoms. The van der Waals surface area contributed by atoms with E-state index in [0.29, 0.717) is 5.56 Å². The average molecular weight is 461 g/mol. The van der Waals surface area contributed by atoms with E-state index in [2.05, 4.69) is 10.6 Å². The van der Waals surface area contributed by atoms with Gasteiger partial charge in [0.25, 0.3) is 0 Å². The highest BCUT2D eigenvalue weighted by Gasteiger charge is 2.28. The van der Waals surface area contributed by atoms with Crippen molar-refractivity contribution in [2.45, 2.75) is 31.8 Å². The number of carbonyl (C=O) groups is 3. The lowest BCUT2D eigenvalue weighted by molar-refractivity contribution is -0.385. The van der Waals surface area contributed by atoms with Gasteiger partial charge in [-0.05, 0) is 23.3 Å². The highest BCUT2D eigenvalue weighted by molar-refractivity contribution is 5.90. The van der Waals surface area contributed by atoms with Crippen molar-refractivity contribution in [3.63, 3.8) is 0 Å². The van der Waals surface area contributed by atoms with E-state index in [4.69, 9.17) is 9.47 Å². The van der Waals surface area contributed by atoms with Crippen LogP contribution in [0.2, 0.25) is 0 Å². The third kappa shape index (κ3) is 6.99. The van der Waals surface area contributed by atoms with Crippen LogP contribution in [0.5, 0.6) is 5.75 Å². The van der Waals surface area contributed by atoms with Gasteiger partial charge in [-0.15, -0.1) is 0 Å². The van der Waals surface area contributed by atoms with Crippen molar-refractivity contribution in [2.75, 3.05) is 14.2 Å². The zero-order valence-electron chi connectivity index (χ0n) is 18.3. The minimum Gasteiger partial charge on any atom is -0.490 e. The zero-order chi connectivity index (χ0) is 24.5. The largest absolute Gasteiger partial charge is 0.490 e. The van der Waals surface area contributed by atoms with E-state index in [0.717, 1.165) is 7.11 Å². The molecular weight excluding hydrogens is 437 g/mol. The fourth-order valence-electron chi connectivity index (χ4n) is 3.19. The molecular formula is C22H24FN3O7. The van der Waals surface area contributed by atoms with Crippen LogP contribution < -0.4 is 15.4 Å². The van der Waals surface area contributed by atoms with Crippen molar-refractivity contribution in [1.29, 1.82) is 0 Å². The van der Waals surface area contributed by atoms with Gasteiger partial charge in [-0.2, -0.15) is 0 Å². The van der Waals surface area contributed by atoms with E-state index in [1.807, 2.05) is 0 Å². The predicted molar refractivity (Wildman–Crippen MR) is 115 cm³/mol. The molecule has 10 nitrogen and oxygen atoms in total. The number of nitro benzene ring substituents is 1. The maximum absolute atomic E-state index is 14.1. The normalized spacial score (nSPS) is 12.2. The number of nitrogens with one attached hydrogen (secondary N) is 2. The summed E-state index contributed by atoms with van der Waals surface area (Å²) in [6.07, 6.45) is -0.282. The molecule has 2 aromatic rings. The lowest BCUT2D eigenvalue weighted by Crippen LogP contribution is -2.53. The first kappa shape index (κ1) is 25.2. The molecule has 0 fully saturated rings. The maximum atomic E-state index is 14.1. The summed E-state index contributed by atoms with van der Waals surface area (Å²) in [5.74, 6) is -2.57. The van der Waals surface area contributed by atoms with Gasteiger partial charge in [0.1, 0.15) is 17.9 Å². The highest BCUT2D eigenvalue weighted by atomic mass is 19.1. The van der Waals surface area contributed by atoms with Gasteiger partial charge in [0.2, 0.25) is 11.8 Å². The summed E-state index contributed by atoms with van der Waals surface area (Å²) in [5, 5.41) is 16.2. The smallest absolute Gasteiger partial charge is 0.328 e. The predicted octanol–water partition coefficient (Wildman–Crippen LogP) is 1.69. The van der Waals surface area contributed by atoms with E-state index >= 15 is 0 Å². The van der Waals surface area contributed by atoms with E-state index in [-0.39, 0.29) is 29.8 Å². The number of halogens is 1. The van der Waals surface area contributed by atoms with Crippen molar-refractivity contribution in [3.05, 3.63) is 69.5 Å². The Balaban J connectivity index is 2.26. The van der Waals surface area contributed by atoms with Crippen LogP contribution in [0.15, 0.2) is 42.5 Å². The molecule has 11 heteroatoms. The molecule has 0 aliphatic heterocycles. The minimum absolute atomic E-state index is 0.0398. The third-order valence-corrected chi connectivity index (χ3v) is 4.76. The average Bonchev–Trinajstić information content (AvgIpc) is 2.78. The van der Waals surface area contributed by atoms with Crippen LogP contribution in [0.25, 0.3) is 0 Å². The fourth-order valence-corrected chi connectivity index (χ4v) is 3.19. The Morgan fingerprint density at radius 2 is 1.76 bits per heavy atom. The Labute approximate surface area is 189 Å². The first-order valence-electron chi connectivity index (χ1n) is 9.86. The molecule has 0 radical (unpaired) electrons. The van der Waals surface area contributed by atoms with Crippen LogP contribution in [0.3, 0.4) is 0 Å². The summed E-state index contributed by atoms with van der Waals surface area (Å²) < 4.78 is 23.8.